The second-order valence-corrected chi connectivity index (χ2v) is 10.8. The molecule has 8 nitrogen and oxygen atoms in total. The van der Waals surface area contributed by atoms with Crippen LogP contribution in [-0.4, -0.2) is 55.8 Å². The van der Waals surface area contributed by atoms with Gasteiger partial charge in [0.1, 0.15) is 28.9 Å². The van der Waals surface area contributed by atoms with Gasteiger partial charge in [0.05, 0.1) is 24.4 Å². The lowest BCUT2D eigenvalue weighted by Gasteiger charge is -2.58. The minimum absolute atomic E-state index is 0. The Bertz CT molecular complexity index is 1540. The fourth-order valence-electron chi connectivity index (χ4n) is 5.65. The molecule has 1 unspecified atom stereocenters. The van der Waals surface area contributed by atoms with E-state index >= 15 is 8.78 Å². The molecule has 42 heavy (non-hydrogen) atoms. The van der Waals surface area contributed by atoms with Crippen LogP contribution >= 0.6 is 12.4 Å². The molecule has 3 aromatic rings. The first-order valence-corrected chi connectivity index (χ1v) is 13.0. The largest absolute Gasteiger partial charge is 0.403 e. The van der Waals surface area contributed by atoms with Crippen molar-refractivity contribution in [1.29, 1.82) is 5.26 Å². The molecule has 0 amide bonds. The predicted octanol–water partition coefficient (Wildman–Crippen LogP) is 5.69. The number of H-pyrrole nitrogens is 1. The van der Waals surface area contributed by atoms with E-state index in [1.54, 1.807) is 17.1 Å². The Hall–Kier alpha value is -3.73. The van der Waals surface area contributed by atoms with Gasteiger partial charge >= 0.3 is 6.18 Å². The minimum Gasteiger partial charge on any atom is -0.399 e. The zero-order valence-corrected chi connectivity index (χ0v) is 23.9. The van der Waals surface area contributed by atoms with Crippen LogP contribution in [0.25, 0.3) is 16.7 Å². The van der Waals surface area contributed by atoms with Crippen molar-refractivity contribution in [3.8, 4) is 17.2 Å². The van der Waals surface area contributed by atoms with Gasteiger partial charge in [0.25, 0.3) is 0 Å². The molecule has 14 heteroatoms. The van der Waals surface area contributed by atoms with Crippen molar-refractivity contribution in [1.82, 2.24) is 30.2 Å². The monoisotopic (exact) mass is 608 g/mol. The summed E-state index contributed by atoms with van der Waals surface area (Å²) in [4.78, 5) is 1.41. The summed E-state index contributed by atoms with van der Waals surface area (Å²) >= 11 is 0. The molecule has 5 rings (SSSR count). The summed E-state index contributed by atoms with van der Waals surface area (Å²) in [5.41, 5.74) is 6.50. The van der Waals surface area contributed by atoms with Crippen LogP contribution in [0.2, 0.25) is 0 Å². The van der Waals surface area contributed by atoms with Crippen LogP contribution in [0.15, 0.2) is 54.4 Å². The van der Waals surface area contributed by atoms with Crippen LogP contribution in [0.5, 0.6) is 0 Å². The molecule has 1 saturated heterocycles. The number of hydrogen-bond acceptors (Lipinski definition) is 6. The molecular formula is C28H30ClF5N8. The highest BCUT2D eigenvalue weighted by atomic mass is 35.5. The van der Waals surface area contributed by atoms with Crippen LogP contribution < -0.4 is 11.1 Å². The van der Waals surface area contributed by atoms with Gasteiger partial charge in [-0.25, -0.2) is 8.78 Å². The topological polar surface area (TPSA) is 112 Å². The molecule has 0 spiro atoms. The summed E-state index contributed by atoms with van der Waals surface area (Å²) in [6.07, 6.45) is -1.15. The third-order valence-corrected chi connectivity index (χ3v) is 7.94. The first-order chi connectivity index (χ1) is 19.3. The maximum absolute atomic E-state index is 16.1. The number of allylic oxidation sites excluding steroid dienone is 2. The number of aromatic amines is 1. The van der Waals surface area contributed by atoms with Crippen molar-refractivity contribution < 1.29 is 22.0 Å². The number of nitrogens with two attached hydrogens (primary N) is 1. The normalized spacial score (nSPS) is 21.3. The summed E-state index contributed by atoms with van der Waals surface area (Å²) in [5, 5.41) is 23.6. The number of halogens is 6. The van der Waals surface area contributed by atoms with Gasteiger partial charge in [-0.3, -0.25) is 20.0 Å². The van der Waals surface area contributed by atoms with Crippen molar-refractivity contribution in [3.63, 3.8) is 0 Å². The Labute approximate surface area is 245 Å². The number of aromatic nitrogens is 4. The van der Waals surface area contributed by atoms with Gasteiger partial charge in [0.2, 0.25) is 0 Å². The first-order valence-electron chi connectivity index (χ1n) is 13.0. The van der Waals surface area contributed by atoms with E-state index in [1.165, 1.54) is 29.2 Å². The summed E-state index contributed by atoms with van der Waals surface area (Å²) in [6.45, 7) is 4.47. The van der Waals surface area contributed by atoms with Crippen molar-refractivity contribution in [3.05, 3.63) is 71.3 Å². The zero-order valence-electron chi connectivity index (χ0n) is 23.1. The minimum atomic E-state index is -4.71. The molecule has 3 heterocycles. The quantitative estimate of drug-likeness (QED) is 0.235. The smallest absolute Gasteiger partial charge is 0.399 e. The number of rotatable bonds is 7. The summed E-state index contributed by atoms with van der Waals surface area (Å²) in [6, 6.07) is 6.08. The molecule has 2 aromatic heterocycles. The molecule has 2 atom stereocenters. The third kappa shape index (κ3) is 5.30. The van der Waals surface area contributed by atoms with Gasteiger partial charge in [0.15, 0.2) is 0 Å². The van der Waals surface area contributed by atoms with E-state index in [1.807, 2.05) is 13.8 Å². The van der Waals surface area contributed by atoms with Gasteiger partial charge in [-0.15, -0.1) is 12.4 Å². The van der Waals surface area contributed by atoms with Crippen LogP contribution in [-0.2, 0) is 5.54 Å². The highest BCUT2D eigenvalue weighted by molar-refractivity contribution is 5.85. The van der Waals surface area contributed by atoms with E-state index in [2.05, 4.69) is 26.7 Å². The molecule has 1 aliphatic carbocycles. The van der Waals surface area contributed by atoms with Gasteiger partial charge < -0.3 is 5.73 Å². The number of anilines is 1. The van der Waals surface area contributed by atoms with Crippen molar-refractivity contribution in [2.75, 3.05) is 18.8 Å². The lowest BCUT2D eigenvalue weighted by atomic mass is 9.80. The molecule has 1 fully saturated rings. The van der Waals surface area contributed by atoms with Crippen molar-refractivity contribution in [2.24, 2.45) is 0 Å². The Morgan fingerprint density at radius 3 is 2.40 bits per heavy atom. The van der Waals surface area contributed by atoms with E-state index < -0.39 is 41.5 Å². The van der Waals surface area contributed by atoms with Crippen molar-refractivity contribution in [2.45, 2.75) is 57.0 Å². The second kappa shape index (κ2) is 11.2. The predicted molar refractivity (Wildman–Crippen MR) is 150 cm³/mol. The highest BCUT2D eigenvalue weighted by Crippen LogP contribution is 2.47. The molecule has 1 aliphatic heterocycles. The van der Waals surface area contributed by atoms with Gasteiger partial charge in [0, 0.05) is 53.8 Å². The lowest BCUT2D eigenvalue weighted by molar-refractivity contribution is -0.170. The Morgan fingerprint density at radius 2 is 1.83 bits per heavy atom. The Morgan fingerprint density at radius 1 is 1.17 bits per heavy atom. The number of likely N-dealkylation sites (tertiary alicyclic amines) is 1. The Balaban J connectivity index is 0.00000405. The van der Waals surface area contributed by atoms with Crippen molar-refractivity contribution >= 4 is 23.7 Å². The molecule has 0 bridgehead atoms. The fraction of sp³-hybridized carbons (Fsp3) is 0.393. The van der Waals surface area contributed by atoms with Crippen LogP contribution in [0, 0.1) is 25.2 Å². The summed E-state index contributed by atoms with van der Waals surface area (Å²) in [7, 11) is 0. The molecule has 2 aliphatic rings. The number of alkyl halides is 3. The summed E-state index contributed by atoms with van der Waals surface area (Å²) in [5.74, 6) is -1.73. The van der Waals surface area contributed by atoms with E-state index in [9.17, 15) is 18.4 Å². The van der Waals surface area contributed by atoms with Crippen LogP contribution in [0.3, 0.4) is 0 Å². The van der Waals surface area contributed by atoms with Gasteiger partial charge in [-0.05, 0) is 44.5 Å². The first kappa shape index (κ1) is 31.2. The standard InChI is InChI=1S/C28H29F5N8.ClH/c1-16-25(17(2)39-38-16)20-12-36-41(13-20)26(8-9-34)14-40(15-26)27(37-18(3)28(31,32)33)11-23(29)22(10-24(27)30)19-4-6-21(35)7-5-19;/h4-7,10,12-13,18,37H,8,11,14-15,35H2,1-3H3,(H,38,39);1H/t18-,27?;/m0./s1. The molecular weight excluding hydrogens is 579 g/mol. The number of nitriles is 1. The summed E-state index contributed by atoms with van der Waals surface area (Å²) < 4.78 is 74.5. The lowest BCUT2D eigenvalue weighted by Crippen LogP contribution is -2.75. The number of nitrogens with zero attached hydrogens (tertiary/aromatic N) is 5. The SMILES string of the molecule is Cc1n[nH]c(C)c1-c1cnn(C2(CC#N)CN(C3(N[C@@H](C)C(F)(F)F)CC(F)=C(c4ccc(N)cc4)C=C3F)C2)c1.Cl. The molecule has 4 N–H and O–H groups in total. The number of aryl methyl sites for hydroxylation is 2. The number of nitrogens with one attached hydrogen (secondary N) is 2. The molecule has 0 saturated carbocycles. The van der Waals surface area contributed by atoms with E-state index in [-0.39, 0.29) is 37.5 Å². The van der Waals surface area contributed by atoms with Crippen LogP contribution in [0.4, 0.5) is 27.6 Å². The van der Waals surface area contributed by atoms with E-state index in [0.717, 1.165) is 35.5 Å². The molecule has 1 aromatic carbocycles. The number of hydrogen-bond donors (Lipinski definition) is 3. The number of benzene rings is 1. The van der Waals surface area contributed by atoms with E-state index in [0.29, 0.717) is 11.3 Å². The molecule has 224 valence electrons. The van der Waals surface area contributed by atoms with Crippen LogP contribution in [0.1, 0.15) is 36.7 Å². The fourth-order valence-corrected chi connectivity index (χ4v) is 5.65. The number of nitrogen functional groups attached to an aromatic ring is 1. The maximum Gasteiger partial charge on any atom is 0.403 e. The van der Waals surface area contributed by atoms with Gasteiger partial charge in [-0.1, -0.05) is 12.1 Å². The zero-order chi connectivity index (χ0) is 29.7. The van der Waals surface area contributed by atoms with Gasteiger partial charge in [-0.2, -0.15) is 28.6 Å². The Kier molecular flexibility index (Phi) is 8.30. The third-order valence-electron chi connectivity index (χ3n) is 7.94. The maximum atomic E-state index is 16.1. The highest BCUT2D eigenvalue weighted by Gasteiger charge is 2.58. The average Bonchev–Trinajstić information content (AvgIpc) is 3.49. The second-order valence-electron chi connectivity index (χ2n) is 10.8. The molecule has 0 radical (unpaired) electrons. The van der Waals surface area contributed by atoms with E-state index in [4.69, 9.17) is 5.73 Å². The average molecular weight is 609 g/mol.